The second kappa shape index (κ2) is 7.86. The Morgan fingerprint density at radius 3 is 2.68 bits per heavy atom. The molecule has 1 saturated carbocycles. The monoisotopic (exact) mass is 422 g/mol. The molecule has 5 rings (SSSR count). The molecule has 9 nitrogen and oxygen atoms in total. The summed E-state index contributed by atoms with van der Waals surface area (Å²) in [5.41, 5.74) is 1.26. The Morgan fingerprint density at radius 2 is 1.97 bits per heavy atom. The Balaban J connectivity index is 1.16. The van der Waals surface area contributed by atoms with E-state index >= 15 is 0 Å². The number of urea groups is 1. The second-order valence-corrected chi connectivity index (χ2v) is 9.07. The molecule has 0 radical (unpaired) electrons. The molecule has 2 N–H and O–H groups in total. The maximum absolute atomic E-state index is 12.6. The fourth-order valence-electron chi connectivity index (χ4n) is 5.27. The average Bonchev–Trinajstić information content (AvgIpc) is 3.43. The van der Waals surface area contributed by atoms with Gasteiger partial charge in [0.25, 0.3) is 0 Å². The Morgan fingerprint density at radius 1 is 1.19 bits per heavy atom. The highest BCUT2D eigenvalue weighted by atomic mass is 16.2. The zero-order valence-corrected chi connectivity index (χ0v) is 18.2. The van der Waals surface area contributed by atoms with Crippen LogP contribution in [0.3, 0.4) is 0 Å². The van der Waals surface area contributed by atoms with Gasteiger partial charge in [-0.1, -0.05) is 0 Å². The fourth-order valence-corrected chi connectivity index (χ4v) is 5.27. The van der Waals surface area contributed by atoms with E-state index in [1.165, 1.54) is 12.8 Å². The lowest BCUT2D eigenvalue weighted by atomic mass is 9.67. The van der Waals surface area contributed by atoms with E-state index in [-0.39, 0.29) is 6.03 Å². The zero-order chi connectivity index (χ0) is 21.4. The van der Waals surface area contributed by atoms with E-state index in [4.69, 9.17) is 0 Å². The van der Waals surface area contributed by atoms with Crippen LogP contribution in [0.1, 0.15) is 38.5 Å². The number of H-pyrrole nitrogens is 1. The molecule has 3 aromatic heterocycles. The molecule has 31 heavy (non-hydrogen) atoms. The highest BCUT2D eigenvalue weighted by molar-refractivity contribution is 5.88. The number of nitrogens with zero attached hydrogens (tertiary/aromatic N) is 6. The molecule has 4 heterocycles. The number of fused-ring (bicyclic) bond motifs is 1. The van der Waals surface area contributed by atoms with E-state index in [1.807, 2.05) is 30.4 Å². The van der Waals surface area contributed by atoms with Gasteiger partial charge in [0, 0.05) is 51.7 Å². The fraction of sp³-hybridized carbons (Fsp3) is 0.545. The number of amides is 2. The zero-order valence-electron chi connectivity index (χ0n) is 18.2. The Hall–Kier alpha value is -3.10. The van der Waals surface area contributed by atoms with E-state index in [9.17, 15) is 4.79 Å². The van der Waals surface area contributed by atoms with Crippen LogP contribution >= 0.6 is 0 Å². The van der Waals surface area contributed by atoms with E-state index in [2.05, 4.69) is 43.4 Å². The summed E-state index contributed by atoms with van der Waals surface area (Å²) in [6.45, 7) is 1.63. The van der Waals surface area contributed by atoms with Crippen molar-refractivity contribution in [3.63, 3.8) is 0 Å². The van der Waals surface area contributed by atoms with Crippen molar-refractivity contribution in [3.05, 3.63) is 30.9 Å². The first-order chi connectivity index (χ1) is 15.0. The molecular weight excluding hydrogens is 392 g/mol. The van der Waals surface area contributed by atoms with Crippen molar-refractivity contribution in [2.75, 3.05) is 30.4 Å². The molecular formula is C22H30N8O. The molecule has 2 fully saturated rings. The van der Waals surface area contributed by atoms with Gasteiger partial charge in [0.05, 0.1) is 5.39 Å². The summed E-state index contributed by atoms with van der Waals surface area (Å²) in [6, 6.07) is 4.32. The van der Waals surface area contributed by atoms with Crippen LogP contribution in [0, 0.1) is 5.41 Å². The number of piperidine rings is 1. The summed E-state index contributed by atoms with van der Waals surface area (Å²) in [5.74, 6) is 1.62. The molecule has 1 spiro atoms. The summed E-state index contributed by atoms with van der Waals surface area (Å²) >= 11 is 0. The van der Waals surface area contributed by atoms with Crippen molar-refractivity contribution < 1.29 is 4.79 Å². The first-order valence-electron chi connectivity index (χ1n) is 11.1. The first kappa shape index (κ1) is 19.8. The van der Waals surface area contributed by atoms with E-state index in [1.54, 1.807) is 11.0 Å². The van der Waals surface area contributed by atoms with E-state index in [0.29, 0.717) is 17.3 Å². The molecule has 0 bridgehead atoms. The van der Waals surface area contributed by atoms with Crippen molar-refractivity contribution in [3.8, 4) is 0 Å². The van der Waals surface area contributed by atoms with Crippen molar-refractivity contribution in [2.45, 2.75) is 44.6 Å². The van der Waals surface area contributed by atoms with Gasteiger partial charge in [0.15, 0.2) is 5.82 Å². The molecule has 2 amide bonds. The van der Waals surface area contributed by atoms with Crippen molar-refractivity contribution in [2.24, 2.45) is 12.5 Å². The summed E-state index contributed by atoms with van der Waals surface area (Å²) < 4.78 is 1.69. The minimum absolute atomic E-state index is 0.0405. The molecule has 9 heteroatoms. The normalized spacial score (nSPS) is 19.1. The van der Waals surface area contributed by atoms with Crippen LogP contribution in [-0.4, -0.2) is 61.8 Å². The van der Waals surface area contributed by atoms with E-state index < -0.39 is 0 Å². The van der Waals surface area contributed by atoms with Gasteiger partial charge in [0.2, 0.25) is 0 Å². The van der Waals surface area contributed by atoms with Crippen molar-refractivity contribution in [1.29, 1.82) is 0 Å². The van der Waals surface area contributed by atoms with Crippen LogP contribution in [0.4, 0.5) is 16.4 Å². The summed E-state index contributed by atoms with van der Waals surface area (Å²) in [6.07, 6.45) is 12.3. The lowest BCUT2D eigenvalue weighted by molar-refractivity contribution is 0.0786. The van der Waals surface area contributed by atoms with Crippen LogP contribution in [0.2, 0.25) is 0 Å². The Labute approximate surface area is 181 Å². The summed E-state index contributed by atoms with van der Waals surface area (Å²) in [7, 11) is 4.00. The number of rotatable bonds is 3. The Kier molecular flexibility index (Phi) is 5.03. The number of carbonyl (C=O) groups is 1. The number of nitrogens with one attached hydrogen (secondary N) is 2. The number of hydrogen-bond donors (Lipinski definition) is 2. The van der Waals surface area contributed by atoms with Gasteiger partial charge >= 0.3 is 6.03 Å². The van der Waals surface area contributed by atoms with Crippen LogP contribution in [0.15, 0.2) is 30.9 Å². The van der Waals surface area contributed by atoms with Gasteiger partial charge in [-0.05, 0) is 50.0 Å². The molecule has 0 unspecified atom stereocenters. The molecule has 0 aromatic carbocycles. The lowest BCUT2D eigenvalue weighted by Crippen LogP contribution is -2.48. The van der Waals surface area contributed by atoms with Gasteiger partial charge in [-0.2, -0.15) is 5.10 Å². The number of hydrogen-bond acceptors (Lipinski definition) is 5. The standard InChI is InChI=1S/C22H30N8O/c1-28-12-6-18(27-28)26-21(31)30-13-9-22(10-14-30)7-3-16(4-8-22)29(2)20-17-5-11-23-19(17)24-15-25-20/h5-6,11-12,15-16H,3-4,7-10,13-14H2,1-2H3,(H,23,24,25)(H,26,27,31). The average molecular weight is 423 g/mol. The van der Waals surface area contributed by atoms with Crippen LogP contribution in [0.5, 0.6) is 0 Å². The number of carbonyl (C=O) groups excluding carboxylic acids is 1. The Bertz CT molecular complexity index is 1050. The summed E-state index contributed by atoms with van der Waals surface area (Å²) in [4.78, 5) is 28.9. The van der Waals surface area contributed by atoms with Crippen LogP contribution in [-0.2, 0) is 7.05 Å². The van der Waals surface area contributed by atoms with Crippen LogP contribution in [0.25, 0.3) is 11.0 Å². The summed E-state index contributed by atoms with van der Waals surface area (Å²) in [5, 5.41) is 8.23. The quantitative estimate of drug-likeness (QED) is 0.675. The SMILES string of the molecule is CN(c1ncnc2[nH]ccc12)C1CCC2(CC1)CCN(C(=O)Nc1ccn(C)n1)CC2. The number of aryl methyl sites for hydroxylation is 1. The van der Waals surface area contributed by atoms with Crippen LogP contribution < -0.4 is 10.2 Å². The molecule has 1 aliphatic carbocycles. The molecule has 3 aromatic rings. The number of aromatic nitrogens is 5. The minimum atomic E-state index is -0.0405. The highest BCUT2D eigenvalue weighted by Crippen LogP contribution is 2.46. The molecule has 0 atom stereocenters. The number of aromatic amines is 1. The van der Waals surface area contributed by atoms with Crippen molar-refractivity contribution in [1.82, 2.24) is 29.6 Å². The molecule has 1 saturated heterocycles. The third-order valence-electron chi connectivity index (χ3n) is 7.29. The van der Waals surface area contributed by atoms with Gasteiger partial charge in [-0.25, -0.2) is 14.8 Å². The maximum atomic E-state index is 12.6. The highest BCUT2D eigenvalue weighted by Gasteiger charge is 2.40. The predicted molar refractivity (Wildman–Crippen MR) is 120 cm³/mol. The number of anilines is 2. The first-order valence-corrected chi connectivity index (χ1v) is 11.1. The minimum Gasteiger partial charge on any atom is -0.356 e. The van der Waals surface area contributed by atoms with E-state index in [0.717, 1.165) is 55.6 Å². The molecule has 164 valence electrons. The van der Waals surface area contributed by atoms with Gasteiger partial charge in [0.1, 0.15) is 17.8 Å². The van der Waals surface area contributed by atoms with Gasteiger partial charge < -0.3 is 14.8 Å². The van der Waals surface area contributed by atoms with Crippen molar-refractivity contribution >= 4 is 28.7 Å². The van der Waals surface area contributed by atoms with Gasteiger partial charge in [-0.15, -0.1) is 0 Å². The maximum Gasteiger partial charge on any atom is 0.323 e. The smallest absolute Gasteiger partial charge is 0.323 e. The largest absolute Gasteiger partial charge is 0.356 e. The third-order valence-corrected chi connectivity index (χ3v) is 7.29. The van der Waals surface area contributed by atoms with Gasteiger partial charge in [-0.3, -0.25) is 10.00 Å². The predicted octanol–water partition coefficient (Wildman–Crippen LogP) is 3.38. The third kappa shape index (κ3) is 3.84. The number of likely N-dealkylation sites (tertiary alicyclic amines) is 1. The molecule has 2 aliphatic rings. The molecule has 1 aliphatic heterocycles. The topological polar surface area (TPSA) is 95.0 Å². The lowest BCUT2D eigenvalue weighted by Gasteiger charge is -2.47. The second-order valence-electron chi connectivity index (χ2n) is 9.07.